The van der Waals surface area contributed by atoms with Gasteiger partial charge in [0, 0.05) is 25.9 Å². The summed E-state index contributed by atoms with van der Waals surface area (Å²) < 4.78 is 5.11. The van der Waals surface area contributed by atoms with Gasteiger partial charge in [-0.1, -0.05) is 6.92 Å². The van der Waals surface area contributed by atoms with Gasteiger partial charge >= 0.3 is 0 Å². The second-order valence-corrected chi connectivity index (χ2v) is 4.19. The molecule has 0 fully saturated rings. The first-order valence-corrected chi connectivity index (χ1v) is 6.05. The van der Waals surface area contributed by atoms with E-state index in [4.69, 9.17) is 15.7 Å². The minimum atomic E-state index is 0.322. The van der Waals surface area contributed by atoms with Gasteiger partial charge < -0.3 is 15.4 Å². The number of anilines is 2. The van der Waals surface area contributed by atoms with E-state index < -0.39 is 0 Å². The molecule has 1 atom stereocenters. The standard InChI is InChI=1S/C13H20N4O/c1-4-10(2)17(5-6-18-3)13-12(15)7-11(8-14)9-16-13/h7,9-10H,4-6,15H2,1-3H3. The summed E-state index contributed by atoms with van der Waals surface area (Å²) in [4.78, 5) is 6.41. The summed E-state index contributed by atoms with van der Waals surface area (Å²) in [6, 6.07) is 4.01. The lowest BCUT2D eigenvalue weighted by molar-refractivity contribution is 0.203. The van der Waals surface area contributed by atoms with Gasteiger partial charge in [0.05, 0.1) is 17.9 Å². The van der Waals surface area contributed by atoms with E-state index in [0.29, 0.717) is 23.9 Å². The monoisotopic (exact) mass is 248 g/mol. The molecule has 1 aromatic heterocycles. The summed E-state index contributed by atoms with van der Waals surface area (Å²) in [6.45, 7) is 5.58. The van der Waals surface area contributed by atoms with Crippen molar-refractivity contribution in [2.24, 2.45) is 0 Å². The van der Waals surface area contributed by atoms with Crippen molar-refractivity contribution < 1.29 is 4.74 Å². The molecule has 0 aliphatic rings. The summed E-state index contributed by atoms with van der Waals surface area (Å²) in [5, 5.41) is 8.81. The van der Waals surface area contributed by atoms with Gasteiger partial charge in [0.1, 0.15) is 6.07 Å². The molecule has 0 saturated carbocycles. The highest BCUT2D eigenvalue weighted by atomic mass is 16.5. The molecule has 0 aromatic carbocycles. The Kier molecular flexibility index (Phi) is 5.40. The molecule has 0 amide bonds. The molecule has 0 aliphatic heterocycles. The summed E-state index contributed by atoms with van der Waals surface area (Å²) in [5.74, 6) is 0.723. The number of nitriles is 1. The van der Waals surface area contributed by atoms with Crippen molar-refractivity contribution in [1.29, 1.82) is 5.26 Å². The number of nitrogen functional groups attached to an aromatic ring is 1. The van der Waals surface area contributed by atoms with Gasteiger partial charge in [-0.05, 0) is 19.4 Å². The largest absolute Gasteiger partial charge is 0.396 e. The Labute approximate surface area is 108 Å². The number of aromatic nitrogens is 1. The lowest BCUT2D eigenvalue weighted by Crippen LogP contribution is -2.36. The van der Waals surface area contributed by atoms with Gasteiger partial charge in [0.25, 0.3) is 0 Å². The van der Waals surface area contributed by atoms with Crippen molar-refractivity contribution in [3.63, 3.8) is 0 Å². The quantitative estimate of drug-likeness (QED) is 0.830. The first-order valence-electron chi connectivity index (χ1n) is 6.05. The van der Waals surface area contributed by atoms with Crippen molar-refractivity contribution >= 4 is 11.5 Å². The molecule has 5 heteroatoms. The minimum Gasteiger partial charge on any atom is -0.396 e. The van der Waals surface area contributed by atoms with Crippen LogP contribution in [0, 0.1) is 11.3 Å². The molecular weight excluding hydrogens is 228 g/mol. The zero-order chi connectivity index (χ0) is 13.5. The number of hydrogen-bond donors (Lipinski definition) is 1. The van der Waals surface area contributed by atoms with Crippen LogP contribution in [-0.4, -0.2) is 31.3 Å². The maximum absolute atomic E-state index is 8.81. The molecule has 1 heterocycles. The van der Waals surface area contributed by atoms with Crippen molar-refractivity contribution in [2.45, 2.75) is 26.3 Å². The van der Waals surface area contributed by atoms with Crippen LogP contribution < -0.4 is 10.6 Å². The van der Waals surface area contributed by atoms with Crippen LogP contribution in [0.2, 0.25) is 0 Å². The van der Waals surface area contributed by atoms with Crippen molar-refractivity contribution in [1.82, 2.24) is 4.98 Å². The van der Waals surface area contributed by atoms with Gasteiger partial charge in [0.15, 0.2) is 5.82 Å². The Morgan fingerprint density at radius 1 is 1.61 bits per heavy atom. The van der Waals surface area contributed by atoms with Gasteiger partial charge in [-0.3, -0.25) is 0 Å². The van der Waals surface area contributed by atoms with Crippen LogP contribution >= 0.6 is 0 Å². The molecule has 98 valence electrons. The van der Waals surface area contributed by atoms with Gasteiger partial charge in [0.2, 0.25) is 0 Å². The lowest BCUT2D eigenvalue weighted by atomic mass is 10.2. The van der Waals surface area contributed by atoms with Crippen LogP contribution in [0.4, 0.5) is 11.5 Å². The number of rotatable bonds is 6. The molecule has 1 aromatic rings. The second kappa shape index (κ2) is 6.82. The van der Waals surface area contributed by atoms with Crippen LogP contribution in [0.5, 0.6) is 0 Å². The molecule has 0 saturated heterocycles. The molecule has 0 bridgehead atoms. The van der Waals surface area contributed by atoms with Crippen LogP contribution in [0.1, 0.15) is 25.8 Å². The lowest BCUT2D eigenvalue weighted by Gasteiger charge is -2.30. The van der Waals surface area contributed by atoms with Crippen LogP contribution in [-0.2, 0) is 4.74 Å². The highest BCUT2D eigenvalue weighted by Crippen LogP contribution is 2.23. The Hall–Kier alpha value is -1.80. The highest BCUT2D eigenvalue weighted by Gasteiger charge is 2.16. The van der Waals surface area contributed by atoms with E-state index in [2.05, 4.69) is 23.7 Å². The topological polar surface area (TPSA) is 75.2 Å². The normalized spacial score (nSPS) is 11.9. The Morgan fingerprint density at radius 2 is 2.33 bits per heavy atom. The van der Waals surface area contributed by atoms with E-state index in [9.17, 15) is 0 Å². The summed E-state index contributed by atoms with van der Waals surface area (Å²) in [6.07, 6.45) is 2.54. The fourth-order valence-corrected chi connectivity index (χ4v) is 1.72. The summed E-state index contributed by atoms with van der Waals surface area (Å²) in [5.41, 5.74) is 6.98. The fraction of sp³-hybridized carbons (Fsp3) is 0.538. The molecule has 0 spiro atoms. The Morgan fingerprint density at radius 3 is 2.83 bits per heavy atom. The second-order valence-electron chi connectivity index (χ2n) is 4.19. The van der Waals surface area contributed by atoms with Crippen molar-refractivity contribution in [3.8, 4) is 6.07 Å². The average Bonchev–Trinajstić information content (AvgIpc) is 2.39. The third-order valence-corrected chi connectivity index (χ3v) is 2.96. The van der Waals surface area contributed by atoms with E-state index in [1.807, 2.05) is 6.07 Å². The van der Waals surface area contributed by atoms with Gasteiger partial charge in [-0.25, -0.2) is 4.98 Å². The first-order chi connectivity index (χ1) is 8.63. The molecule has 2 N–H and O–H groups in total. The predicted molar refractivity (Wildman–Crippen MR) is 72.3 cm³/mol. The molecule has 1 rings (SSSR count). The summed E-state index contributed by atoms with van der Waals surface area (Å²) >= 11 is 0. The van der Waals surface area contributed by atoms with Crippen molar-refractivity contribution in [3.05, 3.63) is 17.8 Å². The molecule has 0 radical (unpaired) electrons. The number of hydrogen-bond acceptors (Lipinski definition) is 5. The van der Waals surface area contributed by atoms with E-state index in [-0.39, 0.29) is 0 Å². The Bertz CT molecular complexity index is 427. The third kappa shape index (κ3) is 3.34. The van der Waals surface area contributed by atoms with Crippen LogP contribution in [0.25, 0.3) is 0 Å². The van der Waals surface area contributed by atoms with Gasteiger partial charge in [-0.15, -0.1) is 0 Å². The van der Waals surface area contributed by atoms with Crippen LogP contribution in [0.3, 0.4) is 0 Å². The van der Waals surface area contributed by atoms with Crippen LogP contribution in [0.15, 0.2) is 12.3 Å². The number of pyridine rings is 1. The van der Waals surface area contributed by atoms with E-state index in [1.165, 1.54) is 0 Å². The SMILES string of the molecule is CCC(C)N(CCOC)c1ncc(C#N)cc1N. The van der Waals surface area contributed by atoms with Gasteiger partial charge in [-0.2, -0.15) is 5.26 Å². The maximum Gasteiger partial charge on any atom is 0.152 e. The van der Waals surface area contributed by atoms with Crippen molar-refractivity contribution in [2.75, 3.05) is 30.9 Å². The first kappa shape index (κ1) is 14.3. The molecule has 18 heavy (non-hydrogen) atoms. The number of methoxy groups -OCH3 is 1. The van der Waals surface area contributed by atoms with E-state index in [1.54, 1.807) is 19.4 Å². The molecule has 1 unspecified atom stereocenters. The smallest absolute Gasteiger partial charge is 0.152 e. The minimum absolute atomic E-state index is 0.322. The molecule has 5 nitrogen and oxygen atoms in total. The zero-order valence-corrected chi connectivity index (χ0v) is 11.2. The average molecular weight is 248 g/mol. The summed E-state index contributed by atoms with van der Waals surface area (Å²) in [7, 11) is 1.67. The Balaban J connectivity index is 3.01. The predicted octanol–water partition coefficient (Wildman–Crippen LogP) is 1.79. The van der Waals surface area contributed by atoms with E-state index >= 15 is 0 Å². The van der Waals surface area contributed by atoms with E-state index in [0.717, 1.165) is 18.8 Å². The fourth-order valence-electron chi connectivity index (χ4n) is 1.72. The molecule has 0 aliphatic carbocycles. The highest BCUT2D eigenvalue weighted by molar-refractivity contribution is 5.65. The number of nitrogens with two attached hydrogens (primary N) is 1. The zero-order valence-electron chi connectivity index (χ0n) is 11.2. The maximum atomic E-state index is 8.81. The third-order valence-electron chi connectivity index (χ3n) is 2.96. The molecular formula is C13H20N4O. The number of ether oxygens (including phenoxy) is 1. The number of nitrogens with zero attached hydrogens (tertiary/aromatic N) is 3.